The van der Waals surface area contributed by atoms with E-state index in [4.69, 9.17) is 37.9 Å². The molecule has 0 saturated heterocycles. The van der Waals surface area contributed by atoms with Crippen molar-refractivity contribution in [2.24, 2.45) is 0 Å². The zero-order chi connectivity index (χ0) is 29.8. The van der Waals surface area contributed by atoms with Gasteiger partial charge in [-0.1, -0.05) is 15.9 Å². The Morgan fingerprint density at radius 3 is 1.46 bits per heavy atom. The lowest BCUT2D eigenvalue weighted by Gasteiger charge is -2.15. The Balaban J connectivity index is 0.000000622. The lowest BCUT2D eigenvalue weighted by atomic mass is 10.2. The minimum absolute atomic E-state index is 0.0279. The van der Waals surface area contributed by atoms with Crippen LogP contribution in [0.1, 0.15) is 13.8 Å². The normalized spacial score (nSPS) is 9.36. The molecule has 2 aromatic rings. The standard InChI is InChI=1S/C13H18O6.C9H12O4.C4H7BrO2/c1-5-18-11(14)8-19-10-7-6-9(15-2)12(16-3)13(10)17-4;1-11-7-5-4-6(10)8(12-2)9(7)13-3;1-2-7-4(6)3-5/h6-7H,5,8H2,1-4H3;4-5,10H,1-3H3;2-3H2,1H3. The second-order valence-corrected chi connectivity index (χ2v) is 7.28. The van der Waals surface area contributed by atoms with Crippen LogP contribution in [0.2, 0.25) is 0 Å². The summed E-state index contributed by atoms with van der Waals surface area (Å²) in [4.78, 5) is 21.4. The third-order valence-corrected chi connectivity index (χ3v) is 4.87. The molecular weight excluding hydrogens is 584 g/mol. The van der Waals surface area contributed by atoms with E-state index in [1.54, 1.807) is 32.0 Å². The largest absolute Gasteiger partial charge is 0.504 e. The number of alkyl halides is 1. The van der Waals surface area contributed by atoms with Crippen LogP contribution in [0.25, 0.3) is 0 Å². The van der Waals surface area contributed by atoms with Crippen LogP contribution in [0.3, 0.4) is 0 Å². The van der Waals surface area contributed by atoms with Crippen molar-refractivity contribution in [3.05, 3.63) is 24.3 Å². The van der Waals surface area contributed by atoms with Gasteiger partial charge in [0.1, 0.15) is 5.33 Å². The van der Waals surface area contributed by atoms with Crippen LogP contribution in [0, 0.1) is 0 Å². The fourth-order valence-electron chi connectivity index (χ4n) is 2.81. The second kappa shape index (κ2) is 20.3. The van der Waals surface area contributed by atoms with Gasteiger partial charge in [-0.05, 0) is 38.1 Å². The van der Waals surface area contributed by atoms with Crippen molar-refractivity contribution in [1.82, 2.24) is 0 Å². The molecule has 0 radical (unpaired) electrons. The fourth-order valence-corrected chi connectivity index (χ4v) is 2.97. The van der Waals surface area contributed by atoms with Crippen molar-refractivity contribution in [2.45, 2.75) is 13.8 Å². The Hall–Kier alpha value is -3.74. The number of carbonyl (C=O) groups excluding carboxylic acids is 2. The number of halogens is 1. The van der Waals surface area contributed by atoms with Crippen LogP contribution in [-0.2, 0) is 19.1 Å². The predicted octanol–water partition coefficient (Wildman–Crippen LogP) is 4.02. The average molecular weight is 621 g/mol. The Morgan fingerprint density at radius 2 is 1.05 bits per heavy atom. The van der Waals surface area contributed by atoms with E-state index in [0.29, 0.717) is 53.0 Å². The third-order valence-electron chi connectivity index (χ3n) is 4.42. The molecule has 220 valence electrons. The van der Waals surface area contributed by atoms with E-state index >= 15 is 0 Å². The summed E-state index contributed by atoms with van der Waals surface area (Å²) in [5.74, 6) is 2.25. The van der Waals surface area contributed by atoms with Crippen molar-refractivity contribution in [1.29, 1.82) is 0 Å². The zero-order valence-electron chi connectivity index (χ0n) is 23.5. The molecule has 13 heteroatoms. The highest BCUT2D eigenvalue weighted by Crippen LogP contribution is 2.44. The van der Waals surface area contributed by atoms with Gasteiger partial charge in [-0.15, -0.1) is 0 Å². The van der Waals surface area contributed by atoms with E-state index in [-0.39, 0.29) is 24.1 Å². The maximum Gasteiger partial charge on any atom is 0.344 e. The molecule has 0 fully saturated rings. The first-order chi connectivity index (χ1) is 18.7. The molecule has 0 heterocycles. The monoisotopic (exact) mass is 620 g/mol. The molecule has 2 rings (SSSR count). The summed E-state index contributed by atoms with van der Waals surface area (Å²) in [6.07, 6.45) is 0. The lowest BCUT2D eigenvalue weighted by Crippen LogP contribution is -2.15. The van der Waals surface area contributed by atoms with Gasteiger partial charge in [0.25, 0.3) is 0 Å². The van der Waals surface area contributed by atoms with E-state index in [9.17, 15) is 14.7 Å². The number of ether oxygens (including phenoxy) is 9. The Morgan fingerprint density at radius 1 is 0.641 bits per heavy atom. The minimum atomic E-state index is -0.445. The number of rotatable bonds is 12. The SMILES string of the molecule is CCOC(=O)CBr.CCOC(=O)COc1ccc(OC)c(OC)c1OC.COc1ccc(O)c(OC)c1OC. The Kier molecular flexibility index (Phi) is 18.3. The van der Waals surface area contributed by atoms with Crippen molar-refractivity contribution in [3.63, 3.8) is 0 Å². The number of phenolic OH excluding ortho intramolecular Hbond substituents is 1. The van der Waals surface area contributed by atoms with Crippen LogP contribution >= 0.6 is 15.9 Å². The number of hydrogen-bond donors (Lipinski definition) is 1. The van der Waals surface area contributed by atoms with E-state index in [2.05, 4.69) is 20.7 Å². The molecule has 0 atom stereocenters. The van der Waals surface area contributed by atoms with Gasteiger partial charge in [-0.2, -0.15) is 0 Å². The summed E-state index contributed by atoms with van der Waals surface area (Å²) in [7, 11) is 8.96. The van der Waals surface area contributed by atoms with E-state index in [1.165, 1.54) is 48.7 Å². The van der Waals surface area contributed by atoms with E-state index in [1.807, 2.05) is 0 Å². The molecule has 0 aliphatic carbocycles. The van der Waals surface area contributed by atoms with E-state index in [0.717, 1.165) is 0 Å². The maximum absolute atomic E-state index is 11.2. The fraction of sp³-hybridized carbons (Fsp3) is 0.462. The van der Waals surface area contributed by atoms with Crippen LogP contribution in [0.5, 0.6) is 46.0 Å². The van der Waals surface area contributed by atoms with Gasteiger partial charge >= 0.3 is 11.9 Å². The van der Waals surface area contributed by atoms with Gasteiger partial charge in [0.2, 0.25) is 23.0 Å². The van der Waals surface area contributed by atoms with Gasteiger partial charge < -0.3 is 47.7 Å². The van der Waals surface area contributed by atoms with Gasteiger partial charge in [-0.3, -0.25) is 4.79 Å². The molecule has 0 aromatic heterocycles. The maximum atomic E-state index is 11.2. The Bertz CT molecular complexity index is 1010. The number of phenols is 1. The highest BCUT2D eigenvalue weighted by Gasteiger charge is 2.18. The number of carbonyl (C=O) groups is 2. The molecule has 0 aliphatic heterocycles. The summed E-state index contributed by atoms with van der Waals surface area (Å²) in [6, 6.07) is 6.40. The molecule has 0 amide bonds. The number of methoxy groups -OCH3 is 6. The van der Waals surface area contributed by atoms with Crippen LogP contribution in [0.4, 0.5) is 0 Å². The highest BCUT2D eigenvalue weighted by molar-refractivity contribution is 9.09. The summed E-state index contributed by atoms with van der Waals surface area (Å²) in [5.41, 5.74) is 0. The second-order valence-electron chi connectivity index (χ2n) is 6.72. The molecule has 12 nitrogen and oxygen atoms in total. The average Bonchev–Trinajstić information content (AvgIpc) is 2.95. The highest BCUT2D eigenvalue weighted by atomic mass is 79.9. The summed E-state index contributed by atoms with van der Waals surface area (Å²) in [5, 5.41) is 9.67. The van der Waals surface area contributed by atoms with Crippen molar-refractivity contribution in [3.8, 4) is 46.0 Å². The van der Waals surface area contributed by atoms with Crippen molar-refractivity contribution < 1.29 is 57.3 Å². The molecule has 0 saturated carbocycles. The summed E-state index contributed by atoms with van der Waals surface area (Å²) < 4.78 is 45.2. The molecule has 2 aromatic carbocycles. The van der Waals surface area contributed by atoms with Gasteiger partial charge in [0.05, 0.1) is 55.9 Å². The number of aromatic hydroxyl groups is 1. The molecule has 0 spiro atoms. The minimum Gasteiger partial charge on any atom is -0.504 e. The van der Waals surface area contributed by atoms with Gasteiger partial charge in [0.15, 0.2) is 29.6 Å². The van der Waals surface area contributed by atoms with Crippen LogP contribution in [-0.4, -0.2) is 84.9 Å². The number of esters is 2. The number of hydrogen-bond acceptors (Lipinski definition) is 12. The summed E-state index contributed by atoms with van der Waals surface area (Å²) in [6.45, 7) is 4.09. The molecule has 0 aliphatic rings. The Labute approximate surface area is 237 Å². The first kappa shape index (κ1) is 35.3. The van der Waals surface area contributed by atoms with Gasteiger partial charge in [0, 0.05) is 0 Å². The smallest absolute Gasteiger partial charge is 0.344 e. The predicted molar refractivity (Wildman–Crippen MR) is 146 cm³/mol. The lowest BCUT2D eigenvalue weighted by molar-refractivity contribution is -0.145. The molecule has 0 unspecified atom stereocenters. The molecule has 0 bridgehead atoms. The first-order valence-corrected chi connectivity index (χ1v) is 12.6. The van der Waals surface area contributed by atoms with Gasteiger partial charge in [-0.25, -0.2) is 4.79 Å². The van der Waals surface area contributed by atoms with Crippen LogP contribution < -0.4 is 33.2 Å². The molecule has 39 heavy (non-hydrogen) atoms. The van der Waals surface area contributed by atoms with Crippen molar-refractivity contribution >= 4 is 27.9 Å². The third kappa shape index (κ3) is 11.7. The summed E-state index contributed by atoms with van der Waals surface area (Å²) >= 11 is 2.94. The topological polar surface area (TPSA) is 137 Å². The van der Waals surface area contributed by atoms with Crippen molar-refractivity contribution in [2.75, 3.05) is 67.8 Å². The number of benzene rings is 2. The first-order valence-electron chi connectivity index (χ1n) is 11.5. The zero-order valence-corrected chi connectivity index (χ0v) is 25.0. The molecule has 1 N–H and O–H groups in total. The van der Waals surface area contributed by atoms with E-state index < -0.39 is 5.97 Å². The van der Waals surface area contributed by atoms with Crippen LogP contribution in [0.15, 0.2) is 24.3 Å². The quantitative estimate of drug-likeness (QED) is 0.271. The molecular formula is C26H37BrO12.